The van der Waals surface area contributed by atoms with Crippen LogP contribution in [0.1, 0.15) is 25.8 Å². The van der Waals surface area contributed by atoms with E-state index in [1.165, 1.54) is 24.9 Å². The Morgan fingerprint density at radius 3 is 2.41 bits per heavy atom. The van der Waals surface area contributed by atoms with Gasteiger partial charge in [0.1, 0.15) is 0 Å². The van der Waals surface area contributed by atoms with Gasteiger partial charge in [-0.05, 0) is 38.8 Å². The van der Waals surface area contributed by atoms with Crippen LogP contribution in [0.25, 0.3) is 0 Å². The van der Waals surface area contributed by atoms with Crippen molar-refractivity contribution in [2.45, 2.75) is 38.9 Å². The molecule has 0 saturated carbocycles. The van der Waals surface area contributed by atoms with E-state index < -0.39 is 0 Å². The summed E-state index contributed by atoms with van der Waals surface area (Å²) in [5.41, 5.74) is 1.45. The summed E-state index contributed by atoms with van der Waals surface area (Å²) in [7, 11) is 0. The predicted octanol–water partition coefficient (Wildman–Crippen LogP) is 2.73. The number of morpholine rings is 1. The van der Waals surface area contributed by atoms with Crippen LogP contribution in [0, 0.1) is 0 Å². The van der Waals surface area contributed by atoms with Gasteiger partial charge in [-0.2, -0.15) is 0 Å². The van der Waals surface area contributed by atoms with E-state index in [0.29, 0.717) is 12.2 Å². The lowest BCUT2D eigenvalue weighted by Crippen LogP contribution is -2.45. The molecule has 0 aromatic heterocycles. The molecule has 94 valence electrons. The minimum absolute atomic E-state index is 0.385. The van der Waals surface area contributed by atoms with Gasteiger partial charge in [0.25, 0.3) is 0 Å². The molecule has 2 rings (SSSR count). The molecule has 0 aliphatic carbocycles. The Balaban J connectivity index is 1.71. The van der Waals surface area contributed by atoms with Gasteiger partial charge in [-0.25, -0.2) is 0 Å². The standard InChI is InChI=1S/C15H23NO/c1-13-11-16(12-14(2)17-13)10-6-9-15-7-4-3-5-8-15/h3-5,7-8,13-14H,6,9-12H2,1-2H3/t13-,14+. The van der Waals surface area contributed by atoms with Crippen LogP contribution < -0.4 is 0 Å². The maximum atomic E-state index is 5.74. The van der Waals surface area contributed by atoms with E-state index in [1.54, 1.807) is 0 Å². The number of aryl methyl sites for hydroxylation is 1. The van der Waals surface area contributed by atoms with Crippen molar-refractivity contribution in [2.24, 2.45) is 0 Å². The monoisotopic (exact) mass is 233 g/mol. The number of benzene rings is 1. The van der Waals surface area contributed by atoms with E-state index in [2.05, 4.69) is 49.1 Å². The van der Waals surface area contributed by atoms with Crippen molar-refractivity contribution in [3.05, 3.63) is 35.9 Å². The largest absolute Gasteiger partial charge is 0.373 e. The molecule has 0 spiro atoms. The Labute approximate surface area is 105 Å². The average molecular weight is 233 g/mol. The fourth-order valence-electron chi connectivity index (χ4n) is 2.62. The molecule has 2 nitrogen and oxygen atoms in total. The third-order valence-electron chi connectivity index (χ3n) is 3.28. The fourth-order valence-corrected chi connectivity index (χ4v) is 2.62. The summed E-state index contributed by atoms with van der Waals surface area (Å²) in [6.07, 6.45) is 3.19. The molecule has 1 fully saturated rings. The third kappa shape index (κ3) is 4.14. The molecule has 0 bridgehead atoms. The van der Waals surface area contributed by atoms with Crippen LogP contribution in [-0.4, -0.2) is 36.7 Å². The van der Waals surface area contributed by atoms with Crippen molar-refractivity contribution in [1.82, 2.24) is 4.90 Å². The lowest BCUT2D eigenvalue weighted by Gasteiger charge is -2.35. The molecular weight excluding hydrogens is 210 g/mol. The van der Waals surface area contributed by atoms with Crippen LogP contribution in [0.3, 0.4) is 0 Å². The molecule has 0 radical (unpaired) electrons. The molecule has 1 aliphatic heterocycles. The van der Waals surface area contributed by atoms with E-state index in [0.717, 1.165) is 13.1 Å². The van der Waals surface area contributed by atoms with Gasteiger partial charge in [0, 0.05) is 13.1 Å². The summed E-state index contributed by atoms with van der Waals surface area (Å²) in [5, 5.41) is 0. The Morgan fingerprint density at radius 2 is 1.76 bits per heavy atom. The topological polar surface area (TPSA) is 12.5 Å². The molecule has 1 aliphatic rings. The van der Waals surface area contributed by atoms with Crippen molar-refractivity contribution in [2.75, 3.05) is 19.6 Å². The first kappa shape index (κ1) is 12.6. The third-order valence-corrected chi connectivity index (χ3v) is 3.28. The zero-order valence-electron chi connectivity index (χ0n) is 10.9. The fraction of sp³-hybridized carbons (Fsp3) is 0.600. The van der Waals surface area contributed by atoms with Gasteiger partial charge in [-0.3, -0.25) is 4.90 Å². The number of ether oxygens (including phenoxy) is 1. The molecule has 1 aromatic carbocycles. The minimum Gasteiger partial charge on any atom is -0.373 e. The zero-order chi connectivity index (χ0) is 12.1. The van der Waals surface area contributed by atoms with E-state index in [-0.39, 0.29) is 0 Å². The molecule has 1 heterocycles. The zero-order valence-corrected chi connectivity index (χ0v) is 10.9. The summed E-state index contributed by atoms with van der Waals surface area (Å²) >= 11 is 0. The SMILES string of the molecule is C[C@@H]1CN(CCCc2ccccc2)C[C@H](C)O1. The minimum atomic E-state index is 0.385. The number of hydrogen-bond donors (Lipinski definition) is 0. The highest BCUT2D eigenvalue weighted by molar-refractivity contribution is 5.14. The van der Waals surface area contributed by atoms with Crippen molar-refractivity contribution in [1.29, 1.82) is 0 Å². The Morgan fingerprint density at radius 1 is 1.12 bits per heavy atom. The van der Waals surface area contributed by atoms with E-state index in [4.69, 9.17) is 4.74 Å². The second-order valence-corrected chi connectivity index (χ2v) is 5.11. The van der Waals surface area contributed by atoms with Crippen molar-refractivity contribution in [3.8, 4) is 0 Å². The molecular formula is C15H23NO. The summed E-state index contributed by atoms with van der Waals surface area (Å²) < 4.78 is 5.74. The second-order valence-electron chi connectivity index (χ2n) is 5.11. The van der Waals surface area contributed by atoms with Crippen LogP contribution in [0.5, 0.6) is 0 Å². The first-order chi connectivity index (χ1) is 8.24. The quantitative estimate of drug-likeness (QED) is 0.793. The normalized spacial score (nSPS) is 26.0. The highest BCUT2D eigenvalue weighted by Crippen LogP contribution is 2.11. The second kappa shape index (κ2) is 6.18. The Hall–Kier alpha value is -0.860. The molecule has 2 atom stereocenters. The Bertz CT molecular complexity index is 315. The highest BCUT2D eigenvalue weighted by atomic mass is 16.5. The predicted molar refractivity (Wildman–Crippen MR) is 71.2 cm³/mol. The van der Waals surface area contributed by atoms with Gasteiger partial charge in [0.15, 0.2) is 0 Å². The summed E-state index contributed by atoms with van der Waals surface area (Å²) in [4.78, 5) is 2.53. The van der Waals surface area contributed by atoms with Crippen LogP contribution in [0.4, 0.5) is 0 Å². The Kier molecular flexibility index (Phi) is 4.57. The molecule has 0 N–H and O–H groups in total. The van der Waals surface area contributed by atoms with Crippen LogP contribution in [0.2, 0.25) is 0 Å². The van der Waals surface area contributed by atoms with Crippen LogP contribution >= 0.6 is 0 Å². The van der Waals surface area contributed by atoms with Crippen molar-refractivity contribution < 1.29 is 4.74 Å². The van der Waals surface area contributed by atoms with Gasteiger partial charge in [-0.1, -0.05) is 30.3 Å². The van der Waals surface area contributed by atoms with Gasteiger partial charge in [-0.15, -0.1) is 0 Å². The van der Waals surface area contributed by atoms with E-state index >= 15 is 0 Å². The molecule has 2 heteroatoms. The van der Waals surface area contributed by atoms with Crippen LogP contribution in [0.15, 0.2) is 30.3 Å². The number of rotatable bonds is 4. The maximum Gasteiger partial charge on any atom is 0.0678 e. The van der Waals surface area contributed by atoms with Crippen LogP contribution in [-0.2, 0) is 11.2 Å². The highest BCUT2D eigenvalue weighted by Gasteiger charge is 2.21. The summed E-state index contributed by atoms with van der Waals surface area (Å²) in [6, 6.07) is 10.7. The van der Waals surface area contributed by atoms with Crippen molar-refractivity contribution in [3.63, 3.8) is 0 Å². The molecule has 1 saturated heterocycles. The first-order valence-corrected chi connectivity index (χ1v) is 6.66. The molecule has 0 amide bonds. The maximum absolute atomic E-state index is 5.74. The van der Waals surface area contributed by atoms with Gasteiger partial charge in [0.2, 0.25) is 0 Å². The van der Waals surface area contributed by atoms with E-state index in [9.17, 15) is 0 Å². The number of hydrogen-bond acceptors (Lipinski definition) is 2. The summed E-state index contributed by atoms with van der Waals surface area (Å²) in [6.45, 7) is 7.69. The van der Waals surface area contributed by atoms with Gasteiger partial charge >= 0.3 is 0 Å². The van der Waals surface area contributed by atoms with E-state index in [1.807, 2.05) is 0 Å². The van der Waals surface area contributed by atoms with Gasteiger partial charge < -0.3 is 4.74 Å². The molecule has 1 aromatic rings. The lowest BCUT2D eigenvalue weighted by atomic mass is 10.1. The van der Waals surface area contributed by atoms with Crippen molar-refractivity contribution >= 4 is 0 Å². The lowest BCUT2D eigenvalue weighted by molar-refractivity contribution is -0.0680. The number of nitrogens with zero attached hydrogens (tertiary/aromatic N) is 1. The van der Waals surface area contributed by atoms with Gasteiger partial charge in [0.05, 0.1) is 12.2 Å². The molecule has 0 unspecified atom stereocenters. The smallest absolute Gasteiger partial charge is 0.0678 e. The first-order valence-electron chi connectivity index (χ1n) is 6.66. The molecule has 17 heavy (non-hydrogen) atoms. The average Bonchev–Trinajstić information content (AvgIpc) is 2.29. The summed E-state index contributed by atoms with van der Waals surface area (Å²) in [5.74, 6) is 0.